The highest BCUT2D eigenvalue weighted by Gasteiger charge is 2.16. The lowest BCUT2D eigenvalue weighted by Gasteiger charge is -2.25. The van der Waals surface area contributed by atoms with E-state index in [0.29, 0.717) is 11.8 Å². The Hall–Kier alpha value is 0.250. The molecule has 0 N–H and O–H groups in total. The fourth-order valence-corrected chi connectivity index (χ4v) is 1.45. The van der Waals surface area contributed by atoms with Gasteiger partial charge in [-0.25, -0.2) is 0 Å². The van der Waals surface area contributed by atoms with E-state index in [1.165, 1.54) is 25.7 Å². The van der Waals surface area contributed by atoms with Gasteiger partial charge in [0, 0.05) is 12.5 Å². The minimum absolute atomic E-state index is 0.507. The van der Waals surface area contributed by atoms with Crippen molar-refractivity contribution in [1.82, 2.24) is 0 Å². The van der Waals surface area contributed by atoms with Crippen LogP contribution in [0.4, 0.5) is 0 Å². The van der Waals surface area contributed by atoms with E-state index >= 15 is 0 Å². The van der Waals surface area contributed by atoms with E-state index in [1.807, 2.05) is 0 Å². The summed E-state index contributed by atoms with van der Waals surface area (Å²) in [5.74, 6) is 2.19. The normalized spacial score (nSPS) is 20.5. The van der Waals surface area contributed by atoms with E-state index in [9.17, 15) is 0 Å². The number of hydrogen-bond donors (Lipinski definition) is 0. The standard InChI is InChI=1S/C10H19ClO/c1-9(7-11)8-12-6-5-10-3-2-4-10/h9-10H,2-8H2,1H3. The van der Waals surface area contributed by atoms with Crippen LogP contribution in [0.2, 0.25) is 0 Å². The molecule has 1 aliphatic carbocycles. The number of hydrogen-bond acceptors (Lipinski definition) is 1. The topological polar surface area (TPSA) is 9.23 Å². The van der Waals surface area contributed by atoms with Crippen LogP contribution in [0.3, 0.4) is 0 Å². The molecule has 1 fully saturated rings. The maximum atomic E-state index is 5.65. The lowest BCUT2D eigenvalue weighted by atomic mass is 9.83. The highest BCUT2D eigenvalue weighted by atomic mass is 35.5. The molecule has 0 aromatic rings. The Morgan fingerprint density at radius 2 is 2.25 bits per heavy atom. The summed E-state index contributed by atoms with van der Waals surface area (Å²) in [6.45, 7) is 3.89. The Morgan fingerprint density at radius 3 is 2.75 bits per heavy atom. The molecule has 1 rings (SSSR count). The molecule has 0 aliphatic heterocycles. The Labute approximate surface area is 80.4 Å². The van der Waals surface area contributed by atoms with E-state index in [0.717, 1.165) is 19.1 Å². The number of rotatable bonds is 6. The molecule has 0 heterocycles. The Kier molecular flexibility index (Phi) is 5.01. The van der Waals surface area contributed by atoms with Gasteiger partial charge in [0.25, 0.3) is 0 Å². The molecule has 0 aromatic carbocycles. The van der Waals surface area contributed by atoms with E-state index < -0.39 is 0 Å². The van der Waals surface area contributed by atoms with Gasteiger partial charge >= 0.3 is 0 Å². The summed E-state index contributed by atoms with van der Waals surface area (Å²) in [6.07, 6.45) is 5.54. The van der Waals surface area contributed by atoms with E-state index in [1.54, 1.807) is 0 Å². The zero-order chi connectivity index (χ0) is 8.81. The molecule has 0 spiro atoms. The maximum Gasteiger partial charge on any atom is 0.0503 e. The Morgan fingerprint density at radius 1 is 1.50 bits per heavy atom. The van der Waals surface area contributed by atoms with Gasteiger partial charge < -0.3 is 4.74 Å². The average Bonchev–Trinajstić information content (AvgIpc) is 2.00. The van der Waals surface area contributed by atoms with Gasteiger partial charge in [0.1, 0.15) is 0 Å². The predicted molar refractivity (Wildman–Crippen MR) is 52.7 cm³/mol. The highest BCUT2D eigenvalue weighted by Crippen LogP contribution is 2.29. The molecular formula is C10H19ClO. The van der Waals surface area contributed by atoms with E-state index in [4.69, 9.17) is 16.3 Å². The third-order valence-corrected chi connectivity index (χ3v) is 3.09. The van der Waals surface area contributed by atoms with Gasteiger partial charge in [-0.15, -0.1) is 11.6 Å². The lowest BCUT2D eigenvalue weighted by molar-refractivity contribution is 0.0881. The zero-order valence-electron chi connectivity index (χ0n) is 7.89. The van der Waals surface area contributed by atoms with Gasteiger partial charge in [0.2, 0.25) is 0 Å². The third-order valence-electron chi connectivity index (χ3n) is 2.56. The Bertz CT molecular complexity index is 106. The van der Waals surface area contributed by atoms with Crippen LogP contribution in [0.15, 0.2) is 0 Å². The SMILES string of the molecule is CC(CCl)COCCC1CCC1. The van der Waals surface area contributed by atoms with Gasteiger partial charge in [-0.2, -0.15) is 0 Å². The zero-order valence-corrected chi connectivity index (χ0v) is 8.65. The van der Waals surface area contributed by atoms with Gasteiger partial charge in [0.05, 0.1) is 6.61 Å². The van der Waals surface area contributed by atoms with Crippen molar-refractivity contribution >= 4 is 11.6 Å². The van der Waals surface area contributed by atoms with Crippen molar-refractivity contribution in [3.63, 3.8) is 0 Å². The fraction of sp³-hybridized carbons (Fsp3) is 1.00. The average molecular weight is 191 g/mol. The number of alkyl halides is 1. The fourth-order valence-electron chi connectivity index (χ4n) is 1.36. The first-order valence-corrected chi connectivity index (χ1v) is 5.50. The molecule has 72 valence electrons. The van der Waals surface area contributed by atoms with Crippen LogP contribution in [0, 0.1) is 11.8 Å². The van der Waals surface area contributed by atoms with Crippen molar-refractivity contribution < 1.29 is 4.74 Å². The van der Waals surface area contributed by atoms with Gasteiger partial charge in [0.15, 0.2) is 0 Å². The van der Waals surface area contributed by atoms with Crippen molar-refractivity contribution in [3.8, 4) is 0 Å². The lowest BCUT2D eigenvalue weighted by Crippen LogP contribution is -2.15. The molecule has 1 atom stereocenters. The molecular weight excluding hydrogens is 172 g/mol. The van der Waals surface area contributed by atoms with Crippen LogP contribution >= 0.6 is 11.6 Å². The smallest absolute Gasteiger partial charge is 0.0503 e. The predicted octanol–water partition coefficient (Wildman–Crippen LogP) is 3.07. The first-order valence-electron chi connectivity index (χ1n) is 4.96. The Balaban J connectivity index is 1.82. The van der Waals surface area contributed by atoms with Crippen molar-refractivity contribution in [1.29, 1.82) is 0 Å². The summed E-state index contributed by atoms with van der Waals surface area (Å²) < 4.78 is 5.51. The second-order valence-corrected chi connectivity index (χ2v) is 4.23. The van der Waals surface area contributed by atoms with E-state index in [2.05, 4.69) is 6.92 Å². The monoisotopic (exact) mass is 190 g/mol. The molecule has 1 unspecified atom stereocenters. The summed E-state index contributed by atoms with van der Waals surface area (Å²) in [5, 5.41) is 0. The van der Waals surface area contributed by atoms with Gasteiger partial charge in [-0.1, -0.05) is 26.2 Å². The summed E-state index contributed by atoms with van der Waals surface area (Å²) >= 11 is 5.65. The first-order chi connectivity index (χ1) is 5.83. The molecule has 0 radical (unpaired) electrons. The molecule has 0 bridgehead atoms. The molecule has 12 heavy (non-hydrogen) atoms. The summed E-state index contributed by atoms with van der Waals surface area (Å²) in [4.78, 5) is 0. The van der Waals surface area contributed by atoms with Gasteiger partial charge in [-0.3, -0.25) is 0 Å². The molecule has 1 aliphatic rings. The van der Waals surface area contributed by atoms with Crippen molar-refractivity contribution in [2.75, 3.05) is 19.1 Å². The molecule has 1 nitrogen and oxygen atoms in total. The summed E-state index contributed by atoms with van der Waals surface area (Å²) in [6, 6.07) is 0. The number of halogens is 1. The van der Waals surface area contributed by atoms with Crippen molar-refractivity contribution in [2.24, 2.45) is 11.8 Å². The second-order valence-electron chi connectivity index (χ2n) is 3.92. The van der Waals surface area contributed by atoms with Crippen molar-refractivity contribution in [2.45, 2.75) is 32.6 Å². The van der Waals surface area contributed by atoms with Crippen LogP contribution in [-0.2, 0) is 4.74 Å². The largest absolute Gasteiger partial charge is 0.381 e. The highest BCUT2D eigenvalue weighted by molar-refractivity contribution is 6.18. The maximum absolute atomic E-state index is 5.65. The molecule has 2 heteroatoms. The van der Waals surface area contributed by atoms with E-state index in [-0.39, 0.29) is 0 Å². The molecule has 1 saturated carbocycles. The minimum Gasteiger partial charge on any atom is -0.381 e. The minimum atomic E-state index is 0.507. The molecule has 0 amide bonds. The second kappa shape index (κ2) is 5.82. The van der Waals surface area contributed by atoms with Crippen LogP contribution in [0.5, 0.6) is 0 Å². The first kappa shape index (κ1) is 10.3. The number of ether oxygens (including phenoxy) is 1. The van der Waals surface area contributed by atoms with Crippen LogP contribution in [0.1, 0.15) is 32.6 Å². The third kappa shape index (κ3) is 3.77. The van der Waals surface area contributed by atoms with Gasteiger partial charge in [-0.05, 0) is 18.3 Å². The molecule has 0 aromatic heterocycles. The quantitative estimate of drug-likeness (QED) is 0.462. The molecule has 0 saturated heterocycles. The van der Waals surface area contributed by atoms with Crippen LogP contribution in [0.25, 0.3) is 0 Å². The van der Waals surface area contributed by atoms with Crippen LogP contribution < -0.4 is 0 Å². The summed E-state index contributed by atoms with van der Waals surface area (Å²) in [7, 11) is 0. The summed E-state index contributed by atoms with van der Waals surface area (Å²) in [5.41, 5.74) is 0. The van der Waals surface area contributed by atoms with Crippen LogP contribution in [-0.4, -0.2) is 19.1 Å². The van der Waals surface area contributed by atoms with Crippen molar-refractivity contribution in [3.05, 3.63) is 0 Å².